The molecule has 0 bridgehead atoms. The molecule has 19 heteroatoms. The number of hydrogen-bond acceptors (Lipinski definition) is 11. The summed E-state index contributed by atoms with van der Waals surface area (Å²) in [5, 5.41) is 12.8. The number of likely N-dealkylation sites (tertiary alicyclic amines) is 3. The van der Waals surface area contributed by atoms with Crippen molar-refractivity contribution in [1.82, 2.24) is 37.8 Å². The van der Waals surface area contributed by atoms with Crippen LogP contribution in [0.5, 0.6) is 11.5 Å². The number of carboxylic acids is 1. The Morgan fingerprint density at radius 3 is 1.51 bits per heavy atom. The minimum atomic E-state index is -3.86. The van der Waals surface area contributed by atoms with Crippen LogP contribution in [-0.2, 0) is 42.7 Å². The van der Waals surface area contributed by atoms with Crippen LogP contribution in [-0.4, -0.2) is 158 Å². The molecule has 6 aliphatic heterocycles. The molecule has 1 amide bonds. The molecule has 4 unspecified atom stereocenters. The molecule has 2 aliphatic carbocycles. The number of aryl methyl sites for hydroxylation is 4. The number of carbonyl (C=O) groups is 2. The fraction of sp³-hybridized carbons (Fsp3) is 0.607. The van der Waals surface area contributed by atoms with E-state index in [1.807, 2.05) is 53.9 Å². The highest BCUT2D eigenvalue weighted by atomic mass is 32.2. The molecule has 4 aromatic rings. The van der Waals surface area contributed by atoms with Gasteiger partial charge in [0.2, 0.25) is 26.0 Å². The Hall–Kier alpha value is -4.76. The first-order chi connectivity index (χ1) is 35.8. The van der Waals surface area contributed by atoms with E-state index in [0.717, 1.165) is 56.8 Å². The van der Waals surface area contributed by atoms with Crippen molar-refractivity contribution in [2.24, 2.45) is 10.8 Å². The Bertz CT molecular complexity index is 2950. The van der Waals surface area contributed by atoms with Gasteiger partial charge < -0.3 is 33.9 Å². The van der Waals surface area contributed by atoms with Gasteiger partial charge in [0.15, 0.2) is 0 Å². The second kappa shape index (κ2) is 21.2. The predicted molar refractivity (Wildman–Crippen MR) is 286 cm³/mol. The number of carbonyl (C=O) groups excluding carboxylic acids is 1. The van der Waals surface area contributed by atoms with Crippen molar-refractivity contribution >= 4 is 31.9 Å². The van der Waals surface area contributed by atoms with Crippen molar-refractivity contribution in [1.29, 1.82) is 0 Å². The predicted octanol–water partition coefficient (Wildman–Crippen LogP) is 6.50. The quantitative estimate of drug-likeness (QED) is 0.158. The van der Waals surface area contributed by atoms with Crippen molar-refractivity contribution in [2.45, 2.75) is 139 Å². The van der Waals surface area contributed by atoms with Gasteiger partial charge in [0.25, 0.3) is 0 Å². The third-order valence-corrected chi connectivity index (χ3v) is 22.1. The molecule has 0 radical (unpaired) electrons. The number of amides is 1. The highest BCUT2D eigenvalue weighted by Gasteiger charge is 2.49. The molecule has 17 nitrogen and oxygen atoms in total. The first kappa shape index (κ1) is 53.6. The molecular formula is C56H78N8O9S2. The van der Waals surface area contributed by atoms with Crippen LogP contribution in [0.15, 0.2) is 70.7 Å². The van der Waals surface area contributed by atoms with Gasteiger partial charge in [-0.25, -0.2) is 16.8 Å². The lowest BCUT2D eigenvalue weighted by Crippen LogP contribution is -2.44. The number of fused-ring (bicyclic) bond motifs is 2. The average molecular weight is 1070 g/mol. The number of nitrogens with zero attached hydrogens (tertiary/aromatic N) is 7. The lowest BCUT2D eigenvalue weighted by molar-refractivity contribution is -0.138. The van der Waals surface area contributed by atoms with E-state index in [4.69, 9.17) is 9.47 Å². The molecule has 2 saturated carbocycles. The Labute approximate surface area is 444 Å². The third-order valence-electron chi connectivity index (χ3n) is 17.6. The van der Waals surface area contributed by atoms with Gasteiger partial charge in [0, 0.05) is 107 Å². The van der Waals surface area contributed by atoms with Gasteiger partial charge in [-0.2, -0.15) is 8.61 Å². The molecule has 408 valence electrons. The van der Waals surface area contributed by atoms with E-state index in [9.17, 15) is 31.5 Å². The van der Waals surface area contributed by atoms with E-state index in [1.165, 1.54) is 76.1 Å². The van der Waals surface area contributed by atoms with Crippen LogP contribution in [0, 0.1) is 38.5 Å². The van der Waals surface area contributed by atoms with Gasteiger partial charge in [-0.1, -0.05) is 0 Å². The van der Waals surface area contributed by atoms with Crippen molar-refractivity contribution in [2.75, 3.05) is 79.7 Å². The number of carboxylic acid groups (broad SMARTS) is 1. The van der Waals surface area contributed by atoms with Crippen LogP contribution < -0.4 is 14.8 Å². The van der Waals surface area contributed by atoms with Crippen LogP contribution in [0.4, 0.5) is 0 Å². The molecule has 75 heavy (non-hydrogen) atoms. The van der Waals surface area contributed by atoms with Crippen LogP contribution >= 0.6 is 0 Å². The van der Waals surface area contributed by atoms with E-state index in [1.54, 1.807) is 55.6 Å². The van der Waals surface area contributed by atoms with Crippen molar-refractivity contribution in [3.63, 3.8) is 0 Å². The summed E-state index contributed by atoms with van der Waals surface area (Å²) in [7, 11) is -4.58. The molecule has 2 spiro atoms. The zero-order valence-corrected chi connectivity index (χ0v) is 46.4. The molecule has 2 N–H and O–H groups in total. The molecule has 8 aliphatic rings. The third kappa shape index (κ3) is 10.9. The number of aliphatic carboxylic acids is 1. The van der Waals surface area contributed by atoms with E-state index in [-0.39, 0.29) is 35.6 Å². The molecule has 12 rings (SSSR count). The number of ether oxygens (including phenoxy) is 2. The second-order valence-corrected chi connectivity index (χ2v) is 26.5. The highest BCUT2D eigenvalue weighted by Crippen LogP contribution is 2.45. The monoisotopic (exact) mass is 1070 g/mol. The summed E-state index contributed by atoms with van der Waals surface area (Å²) < 4.78 is 72.6. The standard InChI is InChI=1S/C28H38N4O4S.C18H22N2O5S.C10H18N2/c1-20-15-23(36-3)16-21(2)27(20)37(34,35)32-14-13-29-10-4-5-24(29)25(32)17-26(33)31-12-9-28(19-31)8-11-30(18-28)22-6-7-22;1-12-9-14(25-3)10-13(2)18(12)26(23,24)20-8-7-19-6-4-5-15(19)16(20)11-17(21)22;1-2-9(1)12-6-4-10(8-12)3-5-11-7-10/h4-5,10,15-16,22,25H,6-9,11-14,17-19H2,1-3H3;4-6,9-10,16H,7-8,11H2,1-3H3,(H,21,22);9,11H,1-8H2. The number of nitrogens with one attached hydrogen (secondary N) is 1. The molecule has 8 heterocycles. The number of sulfonamides is 2. The SMILES string of the molecule is C1CC2(CCN(C3CC3)C2)CN1.COc1cc(C)c(S(=O)(=O)N2CCn3cccc3C2CC(=O)N2CCC3(CCN(C4CC4)C3)C2)c(C)c1.COc1cc(C)c(S(=O)(=O)N2CCn3cccc3C2CC(=O)O)c(C)c1. The molecular weight excluding hydrogens is 993 g/mol. The van der Waals surface area contributed by atoms with Gasteiger partial charge in [0.1, 0.15) is 11.5 Å². The van der Waals surface area contributed by atoms with Crippen molar-refractivity contribution < 1.29 is 41.0 Å². The Balaban J connectivity index is 0.000000145. The van der Waals surface area contributed by atoms with Crippen molar-refractivity contribution in [3.8, 4) is 11.5 Å². The van der Waals surface area contributed by atoms with Gasteiger partial charge in [-0.3, -0.25) is 19.4 Å². The van der Waals surface area contributed by atoms with Gasteiger partial charge in [0.05, 0.1) is 42.5 Å². The lowest BCUT2D eigenvalue weighted by atomic mass is 9.86. The number of hydrogen-bond donors (Lipinski definition) is 2. The average Bonchev–Trinajstić information content (AvgIpc) is 3.89. The molecule has 4 saturated heterocycles. The fourth-order valence-corrected chi connectivity index (χ4v) is 17.5. The van der Waals surface area contributed by atoms with Gasteiger partial charge >= 0.3 is 5.97 Å². The number of rotatable bonds is 12. The number of methoxy groups -OCH3 is 2. The molecule has 2 aromatic carbocycles. The Morgan fingerprint density at radius 2 is 1.07 bits per heavy atom. The van der Waals surface area contributed by atoms with Crippen LogP contribution in [0.1, 0.15) is 110 Å². The summed E-state index contributed by atoms with van der Waals surface area (Å²) in [4.78, 5) is 33.0. The summed E-state index contributed by atoms with van der Waals surface area (Å²) in [5.74, 6) is 0.259. The molecule has 4 atom stereocenters. The number of benzene rings is 2. The zero-order chi connectivity index (χ0) is 53.0. The van der Waals surface area contributed by atoms with E-state index in [0.29, 0.717) is 69.4 Å². The summed E-state index contributed by atoms with van der Waals surface area (Å²) >= 11 is 0. The lowest BCUT2D eigenvalue weighted by Gasteiger charge is -2.37. The van der Waals surface area contributed by atoms with Gasteiger partial charge in [-0.15, -0.1) is 0 Å². The van der Waals surface area contributed by atoms with E-state index in [2.05, 4.69) is 19.7 Å². The summed E-state index contributed by atoms with van der Waals surface area (Å²) in [5.41, 5.74) is 4.98. The fourth-order valence-electron chi connectivity index (χ4n) is 13.5. The highest BCUT2D eigenvalue weighted by molar-refractivity contribution is 7.89. The van der Waals surface area contributed by atoms with Gasteiger partial charge in [-0.05, 0) is 175 Å². The second-order valence-electron chi connectivity index (χ2n) is 22.9. The first-order valence-corrected chi connectivity index (χ1v) is 30.0. The minimum Gasteiger partial charge on any atom is -0.497 e. The normalized spacial score (nSPS) is 26.2. The largest absolute Gasteiger partial charge is 0.497 e. The smallest absolute Gasteiger partial charge is 0.305 e. The topological polar surface area (TPSA) is 179 Å². The van der Waals surface area contributed by atoms with Crippen LogP contribution in [0.3, 0.4) is 0 Å². The van der Waals surface area contributed by atoms with E-state index < -0.39 is 38.1 Å². The van der Waals surface area contributed by atoms with Crippen molar-refractivity contribution in [3.05, 3.63) is 94.6 Å². The maximum Gasteiger partial charge on any atom is 0.305 e. The molecule has 6 fully saturated rings. The zero-order valence-electron chi connectivity index (χ0n) is 44.8. The van der Waals surface area contributed by atoms with Crippen LogP contribution in [0.25, 0.3) is 0 Å². The maximum atomic E-state index is 14.1. The Kier molecular flexibility index (Phi) is 15.2. The first-order valence-electron chi connectivity index (χ1n) is 27.2. The van der Waals surface area contributed by atoms with E-state index >= 15 is 0 Å². The summed E-state index contributed by atoms with van der Waals surface area (Å²) in [6.07, 6.45) is 14.4. The summed E-state index contributed by atoms with van der Waals surface area (Å²) in [6, 6.07) is 14.9. The minimum absolute atomic E-state index is 0.0600. The van der Waals surface area contributed by atoms with Crippen LogP contribution in [0.2, 0.25) is 0 Å². The summed E-state index contributed by atoms with van der Waals surface area (Å²) in [6.45, 7) is 17.8. The Morgan fingerprint density at radius 1 is 0.613 bits per heavy atom. The maximum absolute atomic E-state index is 14.1. The molecule has 2 aromatic heterocycles. The number of aromatic nitrogens is 2.